The summed E-state index contributed by atoms with van der Waals surface area (Å²) in [6.07, 6.45) is 1.38. The zero-order valence-corrected chi connectivity index (χ0v) is 12.8. The minimum Gasteiger partial charge on any atom is -0.465 e. The van der Waals surface area contributed by atoms with Crippen molar-refractivity contribution < 1.29 is 18.7 Å². The summed E-state index contributed by atoms with van der Waals surface area (Å²) in [7, 11) is 1.31. The number of carbonyl (C=O) groups is 2. The highest BCUT2D eigenvalue weighted by atomic mass is 19.1. The van der Waals surface area contributed by atoms with Crippen LogP contribution in [0.3, 0.4) is 0 Å². The maximum absolute atomic E-state index is 13.5. The van der Waals surface area contributed by atoms with E-state index in [2.05, 4.69) is 10.1 Å². The topological polar surface area (TPSA) is 55.4 Å². The summed E-state index contributed by atoms with van der Waals surface area (Å²) in [5.41, 5.74) is 1.64. The molecule has 0 aliphatic carbocycles. The molecule has 2 rings (SSSR count). The smallest absolute Gasteiger partial charge is 0.337 e. The predicted octanol–water partition coefficient (Wildman–Crippen LogP) is 3.57. The molecule has 0 saturated heterocycles. The largest absolute Gasteiger partial charge is 0.465 e. The van der Waals surface area contributed by atoms with Crippen LogP contribution < -0.4 is 5.32 Å². The Bertz CT molecular complexity index is 683. The molecular weight excluding hydrogens is 297 g/mol. The van der Waals surface area contributed by atoms with Crippen molar-refractivity contribution in [2.45, 2.75) is 19.3 Å². The van der Waals surface area contributed by atoms with Crippen molar-refractivity contribution in [1.29, 1.82) is 0 Å². The van der Waals surface area contributed by atoms with E-state index in [9.17, 15) is 14.0 Å². The van der Waals surface area contributed by atoms with Gasteiger partial charge in [0.15, 0.2) is 0 Å². The zero-order valence-electron chi connectivity index (χ0n) is 12.8. The Kier molecular flexibility index (Phi) is 5.86. The second kappa shape index (κ2) is 8.08. The van der Waals surface area contributed by atoms with E-state index in [0.29, 0.717) is 36.1 Å². The number of carbonyl (C=O) groups excluding carboxylic acids is 2. The second-order valence-corrected chi connectivity index (χ2v) is 5.06. The molecule has 23 heavy (non-hydrogen) atoms. The molecule has 0 unspecified atom stereocenters. The van der Waals surface area contributed by atoms with Gasteiger partial charge in [0.1, 0.15) is 5.82 Å². The van der Waals surface area contributed by atoms with Crippen molar-refractivity contribution in [1.82, 2.24) is 0 Å². The van der Waals surface area contributed by atoms with Crippen LogP contribution in [0, 0.1) is 5.82 Å². The molecule has 0 atom stereocenters. The van der Waals surface area contributed by atoms with Gasteiger partial charge in [-0.15, -0.1) is 0 Å². The maximum atomic E-state index is 13.5. The van der Waals surface area contributed by atoms with Crippen LogP contribution in [0.5, 0.6) is 0 Å². The number of esters is 1. The monoisotopic (exact) mass is 315 g/mol. The molecule has 0 radical (unpaired) electrons. The van der Waals surface area contributed by atoms with Crippen LogP contribution in [-0.4, -0.2) is 19.0 Å². The van der Waals surface area contributed by atoms with E-state index in [1.165, 1.54) is 13.2 Å². The van der Waals surface area contributed by atoms with E-state index in [1.807, 2.05) is 0 Å². The first-order valence-electron chi connectivity index (χ1n) is 7.32. The Balaban J connectivity index is 1.81. The second-order valence-electron chi connectivity index (χ2n) is 5.06. The van der Waals surface area contributed by atoms with Gasteiger partial charge in [-0.3, -0.25) is 4.79 Å². The summed E-state index contributed by atoms with van der Waals surface area (Å²) in [6.45, 7) is 0. The first kappa shape index (κ1) is 16.7. The van der Waals surface area contributed by atoms with Crippen LogP contribution in [0.25, 0.3) is 0 Å². The lowest BCUT2D eigenvalue weighted by Gasteiger charge is -2.06. The minimum atomic E-state index is -0.423. The van der Waals surface area contributed by atoms with Crippen LogP contribution in [0.4, 0.5) is 10.1 Å². The molecule has 0 aromatic heterocycles. The van der Waals surface area contributed by atoms with Gasteiger partial charge in [0.05, 0.1) is 12.7 Å². The quantitative estimate of drug-likeness (QED) is 0.829. The van der Waals surface area contributed by atoms with Gasteiger partial charge in [0.25, 0.3) is 0 Å². The molecule has 2 aromatic rings. The molecule has 1 N–H and O–H groups in total. The molecule has 0 heterocycles. The highest BCUT2D eigenvalue weighted by Crippen LogP contribution is 2.13. The normalized spacial score (nSPS) is 10.2. The Labute approximate surface area is 134 Å². The molecule has 2 aromatic carbocycles. The number of halogens is 1. The molecule has 0 aliphatic heterocycles. The molecule has 0 fully saturated rings. The highest BCUT2D eigenvalue weighted by molar-refractivity contribution is 5.93. The van der Waals surface area contributed by atoms with Crippen molar-refractivity contribution in [2.75, 3.05) is 12.4 Å². The number of hydrogen-bond donors (Lipinski definition) is 1. The van der Waals surface area contributed by atoms with E-state index < -0.39 is 5.97 Å². The van der Waals surface area contributed by atoms with E-state index >= 15 is 0 Å². The number of methoxy groups -OCH3 is 1. The highest BCUT2D eigenvalue weighted by Gasteiger charge is 2.07. The summed E-state index contributed by atoms with van der Waals surface area (Å²) in [4.78, 5) is 23.2. The Morgan fingerprint density at radius 1 is 1.09 bits per heavy atom. The molecule has 1 amide bonds. The summed E-state index contributed by atoms with van der Waals surface area (Å²) >= 11 is 0. The lowest BCUT2D eigenvalue weighted by Crippen LogP contribution is -2.12. The van der Waals surface area contributed by atoms with Gasteiger partial charge >= 0.3 is 5.97 Å². The van der Waals surface area contributed by atoms with Gasteiger partial charge in [-0.2, -0.15) is 0 Å². The number of benzene rings is 2. The Morgan fingerprint density at radius 3 is 2.43 bits per heavy atom. The van der Waals surface area contributed by atoms with Gasteiger partial charge in [0.2, 0.25) is 5.91 Å². The van der Waals surface area contributed by atoms with Crippen molar-refractivity contribution in [3.8, 4) is 0 Å². The van der Waals surface area contributed by atoms with Crippen LogP contribution in [0.1, 0.15) is 28.8 Å². The van der Waals surface area contributed by atoms with Crippen molar-refractivity contribution >= 4 is 17.6 Å². The third kappa shape index (κ3) is 4.92. The van der Waals surface area contributed by atoms with Crippen LogP contribution >= 0.6 is 0 Å². The van der Waals surface area contributed by atoms with Crippen molar-refractivity contribution in [3.05, 3.63) is 65.5 Å². The molecular formula is C18H18FNO3. The van der Waals surface area contributed by atoms with Crippen molar-refractivity contribution in [2.24, 2.45) is 0 Å². The summed E-state index contributed by atoms with van der Waals surface area (Å²) in [6, 6.07) is 13.0. The third-order valence-electron chi connectivity index (χ3n) is 3.40. The fraction of sp³-hybridized carbons (Fsp3) is 0.222. The van der Waals surface area contributed by atoms with Gasteiger partial charge in [-0.1, -0.05) is 18.2 Å². The van der Waals surface area contributed by atoms with E-state index in [0.717, 1.165) is 0 Å². The predicted molar refractivity (Wildman–Crippen MR) is 85.7 cm³/mol. The van der Waals surface area contributed by atoms with E-state index in [1.54, 1.807) is 42.5 Å². The molecule has 0 aliphatic rings. The first-order valence-corrected chi connectivity index (χ1v) is 7.32. The summed E-state index contributed by atoms with van der Waals surface area (Å²) in [5, 5.41) is 2.74. The molecule has 4 nitrogen and oxygen atoms in total. The number of hydrogen-bond acceptors (Lipinski definition) is 3. The fourth-order valence-electron chi connectivity index (χ4n) is 2.17. The SMILES string of the molecule is COC(=O)c1ccc(NC(=O)CCCc2ccccc2F)cc1. The lowest BCUT2D eigenvalue weighted by molar-refractivity contribution is -0.116. The third-order valence-corrected chi connectivity index (χ3v) is 3.40. The Morgan fingerprint density at radius 2 is 1.78 bits per heavy atom. The summed E-state index contributed by atoms with van der Waals surface area (Å²) < 4.78 is 18.1. The van der Waals surface area contributed by atoms with Gasteiger partial charge in [-0.25, -0.2) is 9.18 Å². The average molecular weight is 315 g/mol. The number of rotatable bonds is 6. The van der Waals surface area contributed by atoms with E-state index in [-0.39, 0.29) is 11.7 Å². The van der Waals surface area contributed by atoms with Gasteiger partial charge < -0.3 is 10.1 Å². The first-order chi connectivity index (χ1) is 11.1. The zero-order chi connectivity index (χ0) is 16.7. The standard InChI is InChI=1S/C18H18FNO3/c1-23-18(22)14-9-11-15(12-10-14)20-17(21)8-4-6-13-5-2-3-7-16(13)19/h2-3,5,7,9-12H,4,6,8H2,1H3,(H,20,21). The van der Waals surface area contributed by atoms with Crippen LogP contribution in [-0.2, 0) is 16.0 Å². The van der Waals surface area contributed by atoms with E-state index in [4.69, 9.17) is 0 Å². The molecule has 0 spiro atoms. The lowest BCUT2D eigenvalue weighted by atomic mass is 10.1. The van der Waals surface area contributed by atoms with Gasteiger partial charge in [0, 0.05) is 12.1 Å². The fourth-order valence-corrected chi connectivity index (χ4v) is 2.17. The van der Waals surface area contributed by atoms with Gasteiger partial charge in [-0.05, 0) is 48.7 Å². The number of aryl methyl sites for hydroxylation is 1. The van der Waals surface area contributed by atoms with Crippen molar-refractivity contribution in [3.63, 3.8) is 0 Å². The maximum Gasteiger partial charge on any atom is 0.337 e. The Hall–Kier alpha value is -2.69. The number of anilines is 1. The number of ether oxygens (including phenoxy) is 1. The van der Waals surface area contributed by atoms with Crippen LogP contribution in [0.2, 0.25) is 0 Å². The molecule has 0 bridgehead atoms. The molecule has 0 saturated carbocycles. The molecule has 120 valence electrons. The summed E-state index contributed by atoms with van der Waals surface area (Å²) in [5.74, 6) is -0.814. The number of amides is 1. The molecule has 5 heteroatoms. The average Bonchev–Trinajstić information content (AvgIpc) is 2.56. The minimum absolute atomic E-state index is 0.146. The van der Waals surface area contributed by atoms with Crippen LogP contribution in [0.15, 0.2) is 48.5 Å². The number of nitrogens with one attached hydrogen (secondary N) is 1.